The van der Waals surface area contributed by atoms with Gasteiger partial charge in [-0.1, -0.05) is 12.1 Å². The van der Waals surface area contributed by atoms with E-state index in [1.807, 2.05) is 28.9 Å². The minimum atomic E-state index is -0.299. The number of anilines is 1. The van der Waals surface area contributed by atoms with Crippen molar-refractivity contribution in [3.8, 4) is 11.4 Å². The molecule has 3 amide bonds. The van der Waals surface area contributed by atoms with Gasteiger partial charge in [0.05, 0.1) is 6.04 Å². The lowest BCUT2D eigenvalue weighted by Gasteiger charge is -2.31. The number of halogens is 1. The fraction of sp³-hybridized carbons (Fsp3) is 0.375. The summed E-state index contributed by atoms with van der Waals surface area (Å²) in [4.78, 5) is 26.9. The second-order valence-corrected chi connectivity index (χ2v) is 8.79. The Labute approximate surface area is 196 Å². The number of urea groups is 1. The Morgan fingerprint density at radius 3 is 2.35 bits per heavy atom. The Hall–Kier alpha value is -3.82. The molecule has 0 atom stereocenters. The third-order valence-corrected chi connectivity index (χ3v) is 6.31. The van der Waals surface area contributed by atoms with E-state index >= 15 is 0 Å². The first kappa shape index (κ1) is 22.0. The van der Waals surface area contributed by atoms with Crippen LogP contribution in [0, 0.1) is 11.7 Å². The second-order valence-electron chi connectivity index (χ2n) is 8.79. The van der Waals surface area contributed by atoms with Crippen molar-refractivity contribution in [3.63, 3.8) is 0 Å². The van der Waals surface area contributed by atoms with Gasteiger partial charge >= 0.3 is 6.03 Å². The molecule has 0 spiro atoms. The summed E-state index contributed by atoms with van der Waals surface area (Å²) >= 11 is 0. The van der Waals surface area contributed by atoms with Crippen LogP contribution in [0.2, 0.25) is 0 Å². The third kappa shape index (κ3) is 5.05. The standard InChI is InChI=1S/C24H26FN7O2/c25-19-5-1-16(2-6-19)15-26-23(33)18-11-13-31(14-12-18)24(34)27-20-7-3-17(4-8-20)22-28-29-30-32(22)21-9-10-21/h1-8,18,21H,9-15H2,(H,26,33)(H,27,34). The summed E-state index contributed by atoms with van der Waals surface area (Å²) in [5, 5.41) is 17.8. The molecule has 2 aromatic carbocycles. The van der Waals surface area contributed by atoms with E-state index in [-0.39, 0.29) is 23.7 Å². The smallest absolute Gasteiger partial charge is 0.321 e. The van der Waals surface area contributed by atoms with E-state index < -0.39 is 0 Å². The van der Waals surface area contributed by atoms with Gasteiger partial charge in [0.1, 0.15) is 5.82 Å². The Balaban J connectivity index is 1.09. The maximum atomic E-state index is 13.0. The van der Waals surface area contributed by atoms with Crippen molar-refractivity contribution < 1.29 is 14.0 Å². The molecule has 2 fully saturated rings. The largest absolute Gasteiger partial charge is 0.352 e. The lowest BCUT2D eigenvalue weighted by molar-refractivity contribution is -0.126. The van der Waals surface area contributed by atoms with Crippen molar-refractivity contribution in [2.24, 2.45) is 5.92 Å². The van der Waals surface area contributed by atoms with Crippen LogP contribution in [0.4, 0.5) is 14.9 Å². The Bertz CT molecular complexity index is 1150. The van der Waals surface area contributed by atoms with E-state index in [0.29, 0.717) is 44.2 Å². The molecule has 2 heterocycles. The number of carbonyl (C=O) groups is 2. The first-order valence-electron chi connectivity index (χ1n) is 11.5. The SMILES string of the molecule is O=C(NCc1ccc(F)cc1)C1CCN(C(=O)Nc2ccc(-c3nnnn3C3CC3)cc2)CC1. The van der Waals surface area contributed by atoms with Crippen molar-refractivity contribution in [1.82, 2.24) is 30.4 Å². The summed E-state index contributed by atoms with van der Waals surface area (Å²) in [7, 11) is 0. The average Bonchev–Trinajstić information content (AvgIpc) is 3.60. The molecule has 1 aliphatic heterocycles. The summed E-state index contributed by atoms with van der Waals surface area (Å²) in [6.07, 6.45) is 3.40. The number of piperidine rings is 1. The van der Waals surface area contributed by atoms with Crippen LogP contribution in [0.15, 0.2) is 48.5 Å². The van der Waals surface area contributed by atoms with Gasteiger partial charge in [0.2, 0.25) is 5.91 Å². The van der Waals surface area contributed by atoms with Crippen LogP contribution >= 0.6 is 0 Å². The molecule has 2 aliphatic rings. The molecule has 9 nitrogen and oxygen atoms in total. The molecule has 1 aliphatic carbocycles. The van der Waals surface area contributed by atoms with Crippen molar-refractivity contribution in [1.29, 1.82) is 0 Å². The molecule has 0 radical (unpaired) electrons. The zero-order valence-electron chi connectivity index (χ0n) is 18.7. The number of amides is 3. The zero-order valence-corrected chi connectivity index (χ0v) is 18.7. The molecular formula is C24H26FN7O2. The number of benzene rings is 2. The molecule has 2 N–H and O–H groups in total. The van der Waals surface area contributed by atoms with Crippen LogP contribution in [0.1, 0.15) is 37.3 Å². The molecule has 1 aromatic heterocycles. The molecule has 5 rings (SSSR count). The lowest BCUT2D eigenvalue weighted by atomic mass is 9.96. The van der Waals surface area contributed by atoms with E-state index in [0.717, 1.165) is 29.8 Å². The quantitative estimate of drug-likeness (QED) is 0.583. The highest BCUT2D eigenvalue weighted by atomic mass is 19.1. The van der Waals surface area contributed by atoms with Crippen LogP contribution < -0.4 is 10.6 Å². The van der Waals surface area contributed by atoms with E-state index in [2.05, 4.69) is 26.2 Å². The average molecular weight is 464 g/mol. The highest BCUT2D eigenvalue weighted by molar-refractivity contribution is 5.90. The Kier molecular flexibility index (Phi) is 6.20. The summed E-state index contributed by atoms with van der Waals surface area (Å²) in [5.41, 5.74) is 2.45. The van der Waals surface area contributed by atoms with E-state index in [4.69, 9.17) is 0 Å². The summed E-state index contributed by atoms with van der Waals surface area (Å²) in [6, 6.07) is 13.8. The number of aromatic nitrogens is 4. The Morgan fingerprint density at radius 2 is 1.68 bits per heavy atom. The summed E-state index contributed by atoms with van der Waals surface area (Å²) in [6.45, 7) is 1.38. The molecule has 1 saturated heterocycles. The molecular weight excluding hydrogens is 437 g/mol. The van der Waals surface area contributed by atoms with E-state index in [1.165, 1.54) is 12.1 Å². The predicted octanol–water partition coefficient (Wildman–Crippen LogP) is 3.37. The maximum Gasteiger partial charge on any atom is 0.321 e. The molecule has 10 heteroatoms. The zero-order chi connectivity index (χ0) is 23.5. The van der Waals surface area contributed by atoms with Crippen molar-refractivity contribution in [2.45, 2.75) is 38.3 Å². The van der Waals surface area contributed by atoms with Crippen LogP contribution in [0.3, 0.4) is 0 Å². The van der Waals surface area contributed by atoms with E-state index in [1.54, 1.807) is 17.0 Å². The van der Waals surface area contributed by atoms with Gasteiger partial charge in [-0.3, -0.25) is 4.79 Å². The van der Waals surface area contributed by atoms with E-state index in [9.17, 15) is 14.0 Å². The van der Waals surface area contributed by atoms with Crippen molar-refractivity contribution in [2.75, 3.05) is 18.4 Å². The van der Waals surface area contributed by atoms with Crippen LogP contribution in [-0.2, 0) is 11.3 Å². The molecule has 176 valence electrons. The minimum absolute atomic E-state index is 0.0338. The highest BCUT2D eigenvalue weighted by Gasteiger charge is 2.29. The molecule has 1 saturated carbocycles. The number of tetrazole rings is 1. The van der Waals surface area contributed by atoms with Gasteiger partial charge in [0.15, 0.2) is 5.82 Å². The number of hydrogen-bond donors (Lipinski definition) is 2. The topological polar surface area (TPSA) is 105 Å². The number of likely N-dealkylation sites (tertiary alicyclic amines) is 1. The van der Waals surface area contributed by atoms with Gasteiger partial charge in [-0.25, -0.2) is 13.9 Å². The molecule has 0 bridgehead atoms. The number of nitrogens with zero attached hydrogens (tertiary/aromatic N) is 5. The number of carbonyl (C=O) groups excluding carboxylic acids is 2. The van der Waals surface area contributed by atoms with Gasteiger partial charge in [-0.15, -0.1) is 5.10 Å². The maximum absolute atomic E-state index is 13.0. The number of nitrogens with one attached hydrogen (secondary N) is 2. The first-order chi connectivity index (χ1) is 16.6. The van der Waals surface area contributed by atoms with Gasteiger partial charge in [-0.2, -0.15) is 0 Å². The lowest BCUT2D eigenvalue weighted by Crippen LogP contribution is -2.44. The monoisotopic (exact) mass is 463 g/mol. The molecule has 34 heavy (non-hydrogen) atoms. The summed E-state index contributed by atoms with van der Waals surface area (Å²) in [5.74, 6) is 0.266. The van der Waals surface area contributed by atoms with Crippen LogP contribution in [0.5, 0.6) is 0 Å². The van der Waals surface area contributed by atoms with Gasteiger partial charge < -0.3 is 15.5 Å². The second kappa shape index (κ2) is 9.58. The molecule has 3 aromatic rings. The fourth-order valence-electron chi connectivity index (χ4n) is 4.13. The van der Waals surface area contributed by atoms with Gasteiger partial charge in [0, 0.05) is 36.8 Å². The first-order valence-corrected chi connectivity index (χ1v) is 11.5. The van der Waals surface area contributed by atoms with Crippen molar-refractivity contribution >= 4 is 17.6 Å². The van der Waals surface area contributed by atoms with Crippen LogP contribution in [0.25, 0.3) is 11.4 Å². The van der Waals surface area contributed by atoms with Gasteiger partial charge in [0.25, 0.3) is 0 Å². The van der Waals surface area contributed by atoms with Gasteiger partial charge in [-0.05, 0) is 78.1 Å². The Morgan fingerprint density at radius 1 is 0.971 bits per heavy atom. The predicted molar refractivity (Wildman–Crippen MR) is 123 cm³/mol. The minimum Gasteiger partial charge on any atom is -0.352 e. The molecule has 0 unspecified atom stereocenters. The normalized spacial score (nSPS) is 16.3. The van der Waals surface area contributed by atoms with Crippen molar-refractivity contribution in [3.05, 3.63) is 59.9 Å². The highest BCUT2D eigenvalue weighted by Crippen LogP contribution is 2.36. The summed E-state index contributed by atoms with van der Waals surface area (Å²) < 4.78 is 14.9. The number of hydrogen-bond acceptors (Lipinski definition) is 5. The van der Waals surface area contributed by atoms with Crippen LogP contribution in [-0.4, -0.2) is 50.1 Å². The number of rotatable bonds is 6. The third-order valence-electron chi connectivity index (χ3n) is 6.31. The fourth-order valence-corrected chi connectivity index (χ4v) is 4.13.